The molecule has 1 aliphatic heterocycles. The second kappa shape index (κ2) is 20.0. The normalized spacial score (nSPS) is 13.5. The van der Waals surface area contributed by atoms with E-state index < -0.39 is 18.1 Å². The van der Waals surface area contributed by atoms with Crippen molar-refractivity contribution < 1.29 is 29.2 Å². The number of benzene rings is 4. The number of nitriles is 1. The number of likely N-dealkylation sites (tertiary alicyclic amines) is 1. The number of aliphatic carboxylic acids is 1. The van der Waals surface area contributed by atoms with Gasteiger partial charge in [-0.05, 0) is 111 Å². The summed E-state index contributed by atoms with van der Waals surface area (Å²) in [7, 11) is 0. The molecule has 1 unspecified atom stereocenters. The van der Waals surface area contributed by atoms with Crippen molar-refractivity contribution in [3.05, 3.63) is 141 Å². The molecule has 1 atom stereocenters. The lowest BCUT2D eigenvalue weighted by Crippen LogP contribution is -2.52. The van der Waals surface area contributed by atoms with Gasteiger partial charge in [0.2, 0.25) is 0 Å². The number of halogens is 1. The van der Waals surface area contributed by atoms with E-state index in [1.807, 2.05) is 48.5 Å². The van der Waals surface area contributed by atoms with Crippen molar-refractivity contribution in [1.29, 1.82) is 5.26 Å². The molecule has 0 amide bonds. The van der Waals surface area contributed by atoms with Gasteiger partial charge in [0.25, 0.3) is 0 Å². The van der Waals surface area contributed by atoms with Crippen LogP contribution in [0, 0.1) is 30.1 Å². The number of hydrogen-bond donors (Lipinski definition) is 3. The summed E-state index contributed by atoms with van der Waals surface area (Å²) in [5.41, 5.74) is 5.74. The lowest BCUT2D eigenvalue weighted by Gasteiger charge is -2.25. The zero-order valence-corrected chi connectivity index (χ0v) is 33.5. The summed E-state index contributed by atoms with van der Waals surface area (Å²) in [5.74, 6) is 6.93. The molecule has 10 nitrogen and oxygen atoms in total. The Labute approximate surface area is 345 Å². The molecule has 2 heterocycles. The predicted molar refractivity (Wildman–Crippen MR) is 224 cm³/mol. The Hall–Kier alpha value is -5.88. The molecule has 0 bridgehead atoms. The molecule has 0 radical (unpaired) electrons. The topological polar surface area (TPSA) is 137 Å². The highest BCUT2D eigenvalue weighted by Gasteiger charge is 2.32. The summed E-state index contributed by atoms with van der Waals surface area (Å²) >= 11 is 6.79. The van der Waals surface area contributed by atoms with Crippen LogP contribution in [0.25, 0.3) is 11.1 Å². The monoisotopic (exact) mass is 798 g/mol. The largest absolute Gasteiger partial charge is 0.493 e. The van der Waals surface area contributed by atoms with E-state index in [1.54, 1.807) is 24.4 Å². The van der Waals surface area contributed by atoms with Crippen LogP contribution in [-0.4, -0.2) is 64.5 Å². The Morgan fingerprint density at radius 3 is 2.43 bits per heavy atom. The minimum absolute atomic E-state index is 0.0231. The van der Waals surface area contributed by atoms with E-state index in [0.29, 0.717) is 39.8 Å². The number of carbonyl (C=O) groups is 1. The van der Waals surface area contributed by atoms with Crippen LogP contribution in [0.5, 0.6) is 17.2 Å². The van der Waals surface area contributed by atoms with Crippen LogP contribution in [0.2, 0.25) is 5.02 Å². The molecule has 1 fully saturated rings. The summed E-state index contributed by atoms with van der Waals surface area (Å²) in [6, 6.07) is 29.2. The molecule has 1 saturated heterocycles. The first kappa shape index (κ1) is 41.7. The molecular weight excluding hydrogens is 752 g/mol. The molecule has 1 aliphatic rings. The van der Waals surface area contributed by atoms with Crippen LogP contribution in [-0.2, 0) is 24.6 Å². The summed E-state index contributed by atoms with van der Waals surface area (Å²) < 4.78 is 18.9. The minimum Gasteiger partial charge on any atom is -0.493 e. The number of nitrogens with zero attached hydrogens (tertiary/aromatic N) is 3. The predicted octanol–water partition coefficient (Wildman–Crippen LogP) is 7.93. The van der Waals surface area contributed by atoms with Gasteiger partial charge in [0.15, 0.2) is 0 Å². The fourth-order valence-corrected chi connectivity index (χ4v) is 6.85. The average molecular weight is 799 g/mol. The van der Waals surface area contributed by atoms with Gasteiger partial charge in [-0.3, -0.25) is 15.1 Å². The molecule has 1 aromatic heterocycles. The van der Waals surface area contributed by atoms with Crippen molar-refractivity contribution in [3.63, 3.8) is 0 Å². The number of hydrogen-bond acceptors (Lipinski definition) is 9. The van der Waals surface area contributed by atoms with E-state index in [1.165, 1.54) is 26.0 Å². The van der Waals surface area contributed by atoms with Crippen molar-refractivity contribution in [2.75, 3.05) is 32.8 Å². The number of carboxylic acids is 1. The molecule has 5 aromatic rings. The SMILES string of the molecule is Cc1c(COc2cc(OCc3cncc(C#N)c3)c(CNC(C)(CO)C(=O)O)cc2Cl)cccc1-c1cc(C#Cc2ccccc2)cc(OCCCN2CCCC2)c1. The molecule has 3 N–H and O–H groups in total. The molecule has 4 aromatic carbocycles. The van der Waals surface area contributed by atoms with Crippen molar-refractivity contribution in [1.82, 2.24) is 15.2 Å². The Bertz CT molecular complexity index is 2310. The van der Waals surface area contributed by atoms with Gasteiger partial charge >= 0.3 is 5.97 Å². The average Bonchev–Trinajstić information content (AvgIpc) is 3.77. The van der Waals surface area contributed by atoms with Crippen LogP contribution in [0.15, 0.2) is 97.3 Å². The van der Waals surface area contributed by atoms with E-state index in [0.717, 1.165) is 65.2 Å². The van der Waals surface area contributed by atoms with Crippen LogP contribution in [0.4, 0.5) is 0 Å². The fraction of sp³-hybridized carbons (Fsp3) is 0.298. The number of ether oxygens (including phenoxy) is 3. The van der Waals surface area contributed by atoms with Crippen molar-refractivity contribution in [3.8, 4) is 46.3 Å². The number of rotatable bonds is 17. The van der Waals surface area contributed by atoms with Gasteiger partial charge in [0.1, 0.15) is 42.1 Å². The summed E-state index contributed by atoms with van der Waals surface area (Å²) in [4.78, 5) is 18.5. The summed E-state index contributed by atoms with van der Waals surface area (Å²) in [5, 5.41) is 32.0. The highest BCUT2D eigenvalue weighted by molar-refractivity contribution is 6.32. The Morgan fingerprint density at radius 2 is 1.67 bits per heavy atom. The van der Waals surface area contributed by atoms with Gasteiger partial charge in [-0.15, -0.1) is 0 Å². The first-order valence-electron chi connectivity index (χ1n) is 19.3. The van der Waals surface area contributed by atoms with Crippen molar-refractivity contribution in [2.45, 2.75) is 58.4 Å². The first-order chi connectivity index (χ1) is 28.1. The third-order valence-electron chi connectivity index (χ3n) is 10.1. The molecule has 6 rings (SSSR count). The van der Waals surface area contributed by atoms with Crippen molar-refractivity contribution in [2.24, 2.45) is 0 Å². The lowest BCUT2D eigenvalue weighted by molar-refractivity contribution is -0.145. The summed E-state index contributed by atoms with van der Waals surface area (Å²) in [6.45, 7) is 7.08. The van der Waals surface area contributed by atoms with E-state index in [4.69, 9.17) is 25.8 Å². The van der Waals surface area contributed by atoms with Gasteiger partial charge in [0.05, 0.1) is 23.8 Å². The maximum atomic E-state index is 11.9. The zero-order chi connectivity index (χ0) is 40.9. The van der Waals surface area contributed by atoms with Crippen LogP contribution >= 0.6 is 11.6 Å². The maximum Gasteiger partial charge on any atom is 0.326 e. The van der Waals surface area contributed by atoms with Gasteiger partial charge in [-0.25, -0.2) is 0 Å². The quantitative estimate of drug-likeness (QED) is 0.0629. The van der Waals surface area contributed by atoms with Gasteiger partial charge in [0, 0.05) is 53.8 Å². The molecule has 11 heteroatoms. The zero-order valence-electron chi connectivity index (χ0n) is 32.8. The Balaban J connectivity index is 1.24. The lowest BCUT2D eigenvalue weighted by atomic mass is 9.95. The minimum atomic E-state index is -1.60. The molecule has 0 aliphatic carbocycles. The highest BCUT2D eigenvalue weighted by Crippen LogP contribution is 2.36. The second-order valence-electron chi connectivity index (χ2n) is 14.5. The van der Waals surface area contributed by atoms with Gasteiger partial charge in [-0.1, -0.05) is 59.8 Å². The number of carboxylic acid groups (broad SMARTS) is 1. The maximum absolute atomic E-state index is 11.9. The standard InChI is InChI=1S/C47H47ClN4O6/c1-33-38(31-58-45-25-44(57-30-37-20-36(26-49)27-50-28-37)40(24-43(45)48)29-51-47(2,32-53)46(54)55)12-8-13-42(33)39-21-35(15-14-34-10-4-3-5-11-34)22-41(23-39)56-19-9-18-52-16-6-7-17-52/h3-5,8,10-13,20-25,27-28,51,53H,6-7,9,16-19,29-32H2,1-2H3,(H,54,55). The Morgan fingerprint density at radius 1 is 0.897 bits per heavy atom. The van der Waals surface area contributed by atoms with Gasteiger partial charge < -0.3 is 29.3 Å². The van der Waals surface area contributed by atoms with Crippen LogP contribution in [0.3, 0.4) is 0 Å². The smallest absolute Gasteiger partial charge is 0.326 e. The van der Waals surface area contributed by atoms with E-state index in [9.17, 15) is 20.3 Å². The van der Waals surface area contributed by atoms with E-state index in [-0.39, 0.29) is 19.8 Å². The van der Waals surface area contributed by atoms with Crippen molar-refractivity contribution >= 4 is 17.6 Å². The molecule has 0 spiro atoms. The van der Waals surface area contributed by atoms with Crippen LogP contribution in [0.1, 0.15) is 65.1 Å². The second-order valence-corrected chi connectivity index (χ2v) is 14.9. The molecule has 0 saturated carbocycles. The highest BCUT2D eigenvalue weighted by atomic mass is 35.5. The number of nitrogens with one attached hydrogen (secondary N) is 1. The van der Waals surface area contributed by atoms with E-state index in [2.05, 4.69) is 58.2 Å². The number of aromatic nitrogens is 1. The van der Waals surface area contributed by atoms with E-state index >= 15 is 0 Å². The molecular formula is C47H47ClN4O6. The number of aliphatic hydroxyl groups excluding tert-OH is 1. The first-order valence-corrected chi connectivity index (χ1v) is 19.7. The Kier molecular flexibility index (Phi) is 14.4. The molecule has 298 valence electrons. The third kappa shape index (κ3) is 11.2. The third-order valence-corrected chi connectivity index (χ3v) is 10.4. The summed E-state index contributed by atoms with van der Waals surface area (Å²) in [6.07, 6.45) is 6.55. The van der Waals surface area contributed by atoms with Crippen LogP contribution < -0.4 is 19.5 Å². The number of pyridine rings is 1. The van der Waals surface area contributed by atoms with Gasteiger partial charge in [-0.2, -0.15) is 5.26 Å². The number of aliphatic hydroxyl groups is 1. The fourth-order valence-electron chi connectivity index (χ4n) is 6.61. The molecule has 58 heavy (non-hydrogen) atoms.